The highest BCUT2D eigenvalue weighted by atomic mass is 19.1. The van der Waals surface area contributed by atoms with Crippen molar-refractivity contribution in [2.24, 2.45) is 5.73 Å². The summed E-state index contributed by atoms with van der Waals surface area (Å²) in [6.45, 7) is 0. The first-order valence-corrected chi connectivity index (χ1v) is 5.57. The molecule has 0 saturated heterocycles. The van der Waals surface area contributed by atoms with Gasteiger partial charge in [-0.2, -0.15) is 0 Å². The number of primary amides is 1. The zero-order chi connectivity index (χ0) is 15.3. The molecule has 0 bridgehead atoms. The minimum atomic E-state index is -1.23. The van der Waals surface area contributed by atoms with Crippen LogP contribution in [0.2, 0.25) is 0 Å². The van der Waals surface area contributed by atoms with E-state index in [1.807, 2.05) is 0 Å². The highest BCUT2D eigenvalue weighted by Gasteiger charge is 2.20. The van der Waals surface area contributed by atoms with Crippen LogP contribution in [-0.2, 0) is 9.59 Å². The molecule has 0 aliphatic carbocycles. The Hall–Kier alpha value is -2.51. The average Bonchev–Trinajstić information content (AvgIpc) is 2.32. The minimum absolute atomic E-state index is 0.214. The standard InChI is InChI=1S/C12H12F2N2O4/c13-7-3-6(4-8(14)5-7)12(20)16-9(11(15)19)1-2-10(17)18/h3-5,9H,1-2H2,(H2,15,19)(H,16,20)(H,17,18)/t9-/m0/s1. The number of aliphatic carboxylic acids is 1. The summed E-state index contributed by atoms with van der Waals surface area (Å²) in [7, 11) is 0. The van der Waals surface area contributed by atoms with Crippen molar-refractivity contribution in [1.82, 2.24) is 5.32 Å². The number of carboxylic acids is 1. The predicted molar refractivity (Wildman–Crippen MR) is 63.7 cm³/mol. The lowest BCUT2D eigenvalue weighted by molar-refractivity contribution is -0.137. The smallest absolute Gasteiger partial charge is 0.303 e. The lowest BCUT2D eigenvalue weighted by atomic mass is 10.1. The van der Waals surface area contributed by atoms with Gasteiger partial charge in [-0.1, -0.05) is 0 Å². The third-order valence-corrected chi connectivity index (χ3v) is 2.42. The Labute approximate surface area is 112 Å². The summed E-state index contributed by atoms with van der Waals surface area (Å²) in [6, 6.07) is 0.929. The van der Waals surface area contributed by atoms with Gasteiger partial charge in [0.2, 0.25) is 5.91 Å². The van der Waals surface area contributed by atoms with Gasteiger partial charge in [0.1, 0.15) is 17.7 Å². The lowest BCUT2D eigenvalue weighted by Gasteiger charge is -2.14. The Morgan fingerprint density at radius 3 is 2.20 bits per heavy atom. The molecule has 0 aliphatic heterocycles. The third kappa shape index (κ3) is 4.63. The fourth-order valence-corrected chi connectivity index (χ4v) is 1.48. The molecular formula is C12H12F2N2O4. The first kappa shape index (κ1) is 15.5. The van der Waals surface area contributed by atoms with Gasteiger partial charge < -0.3 is 16.2 Å². The van der Waals surface area contributed by atoms with Gasteiger partial charge in [-0.3, -0.25) is 14.4 Å². The van der Waals surface area contributed by atoms with Crippen LogP contribution in [0.1, 0.15) is 23.2 Å². The molecule has 0 saturated carbocycles. The Bertz CT molecular complexity index is 528. The number of halogens is 2. The number of amides is 2. The molecule has 0 unspecified atom stereocenters. The average molecular weight is 286 g/mol. The van der Waals surface area contributed by atoms with Crippen molar-refractivity contribution in [2.45, 2.75) is 18.9 Å². The van der Waals surface area contributed by atoms with E-state index < -0.39 is 35.5 Å². The summed E-state index contributed by atoms with van der Waals surface area (Å²) in [6.07, 6.45) is -0.598. The summed E-state index contributed by atoms with van der Waals surface area (Å²) in [5, 5.41) is 10.6. The molecule has 4 N–H and O–H groups in total. The van der Waals surface area contributed by atoms with Crippen LogP contribution in [0.3, 0.4) is 0 Å². The van der Waals surface area contributed by atoms with Crippen molar-refractivity contribution < 1.29 is 28.3 Å². The largest absolute Gasteiger partial charge is 0.481 e. The maximum atomic E-state index is 12.9. The van der Waals surface area contributed by atoms with E-state index in [2.05, 4.69) is 5.32 Å². The van der Waals surface area contributed by atoms with Gasteiger partial charge in [0.25, 0.3) is 5.91 Å². The Morgan fingerprint density at radius 2 is 1.75 bits per heavy atom. The number of nitrogens with two attached hydrogens (primary N) is 1. The molecule has 2 amide bonds. The van der Waals surface area contributed by atoms with E-state index in [0.717, 1.165) is 12.1 Å². The highest BCUT2D eigenvalue weighted by molar-refractivity contribution is 5.97. The van der Waals surface area contributed by atoms with Crippen LogP contribution >= 0.6 is 0 Å². The molecule has 0 spiro atoms. The molecule has 0 radical (unpaired) electrons. The molecule has 1 aromatic rings. The first-order valence-electron chi connectivity index (χ1n) is 5.57. The number of carboxylic acid groups (broad SMARTS) is 1. The number of hydrogen-bond donors (Lipinski definition) is 3. The van der Waals surface area contributed by atoms with Gasteiger partial charge >= 0.3 is 5.97 Å². The van der Waals surface area contributed by atoms with Crippen molar-refractivity contribution in [1.29, 1.82) is 0 Å². The number of benzene rings is 1. The molecular weight excluding hydrogens is 274 g/mol. The summed E-state index contributed by atoms with van der Waals surface area (Å²) in [5.41, 5.74) is 4.68. The zero-order valence-electron chi connectivity index (χ0n) is 10.2. The maximum Gasteiger partial charge on any atom is 0.303 e. The van der Waals surface area contributed by atoms with Crippen molar-refractivity contribution in [3.05, 3.63) is 35.4 Å². The SMILES string of the molecule is NC(=O)[C@H](CCC(=O)O)NC(=O)c1cc(F)cc(F)c1. The van der Waals surface area contributed by atoms with Crippen molar-refractivity contribution in [2.75, 3.05) is 0 Å². The van der Waals surface area contributed by atoms with Crippen LogP contribution in [0.5, 0.6) is 0 Å². The van der Waals surface area contributed by atoms with E-state index in [4.69, 9.17) is 10.8 Å². The van der Waals surface area contributed by atoms with Gasteiger partial charge in [-0.25, -0.2) is 8.78 Å². The zero-order valence-corrected chi connectivity index (χ0v) is 10.2. The lowest BCUT2D eigenvalue weighted by Crippen LogP contribution is -2.44. The molecule has 1 aromatic carbocycles. The van der Waals surface area contributed by atoms with Crippen LogP contribution in [0, 0.1) is 11.6 Å². The van der Waals surface area contributed by atoms with Crippen molar-refractivity contribution in [3.8, 4) is 0 Å². The Kier molecular flexibility index (Phi) is 5.13. The van der Waals surface area contributed by atoms with Crippen LogP contribution in [0.25, 0.3) is 0 Å². The second-order valence-electron chi connectivity index (χ2n) is 4.02. The molecule has 0 aliphatic rings. The van der Waals surface area contributed by atoms with Crippen molar-refractivity contribution >= 4 is 17.8 Å². The van der Waals surface area contributed by atoms with E-state index in [0.29, 0.717) is 6.07 Å². The van der Waals surface area contributed by atoms with Gasteiger partial charge in [0.15, 0.2) is 0 Å². The molecule has 108 valence electrons. The number of carbonyl (C=O) groups is 3. The fraction of sp³-hybridized carbons (Fsp3) is 0.250. The molecule has 1 rings (SSSR count). The van der Waals surface area contributed by atoms with Gasteiger partial charge in [-0.05, 0) is 18.6 Å². The molecule has 1 atom stereocenters. The Balaban J connectivity index is 2.79. The number of rotatable bonds is 6. The van der Waals surface area contributed by atoms with Crippen molar-refractivity contribution in [3.63, 3.8) is 0 Å². The number of carbonyl (C=O) groups excluding carboxylic acids is 2. The summed E-state index contributed by atoms with van der Waals surface area (Å²) in [5.74, 6) is -4.91. The third-order valence-electron chi connectivity index (χ3n) is 2.42. The quantitative estimate of drug-likeness (QED) is 0.703. The molecule has 0 aromatic heterocycles. The van der Waals surface area contributed by atoms with Crippen LogP contribution < -0.4 is 11.1 Å². The summed E-state index contributed by atoms with van der Waals surface area (Å²) < 4.78 is 25.9. The van der Waals surface area contributed by atoms with E-state index in [9.17, 15) is 23.2 Å². The minimum Gasteiger partial charge on any atom is -0.481 e. The second-order valence-corrected chi connectivity index (χ2v) is 4.02. The summed E-state index contributed by atoms with van der Waals surface area (Å²) >= 11 is 0. The van der Waals surface area contributed by atoms with E-state index >= 15 is 0 Å². The van der Waals surface area contributed by atoms with Crippen LogP contribution in [0.15, 0.2) is 18.2 Å². The highest BCUT2D eigenvalue weighted by Crippen LogP contribution is 2.08. The van der Waals surface area contributed by atoms with Crippen LogP contribution in [0.4, 0.5) is 8.78 Å². The molecule has 0 fully saturated rings. The molecule has 8 heteroatoms. The predicted octanol–water partition coefficient (Wildman–Crippen LogP) is 0.413. The number of hydrogen-bond acceptors (Lipinski definition) is 3. The molecule has 0 heterocycles. The first-order chi connectivity index (χ1) is 9.29. The molecule has 20 heavy (non-hydrogen) atoms. The van der Waals surface area contributed by atoms with Gasteiger partial charge in [0, 0.05) is 18.1 Å². The van der Waals surface area contributed by atoms with E-state index in [-0.39, 0.29) is 18.4 Å². The number of nitrogens with one attached hydrogen (secondary N) is 1. The van der Waals surface area contributed by atoms with E-state index in [1.54, 1.807) is 0 Å². The maximum absolute atomic E-state index is 12.9. The van der Waals surface area contributed by atoms with Crippen LogP contribution in [-0.4, -0.2) is 28.9 Å². The monoisotopic (exact) mass is 286 g/mol. The fourth-order valence-electron chi connectivity index (χ4n) is 1.48. The normalized spacial score (nSPS) is 11.7. The summed E-state index contributed by atoms with van der Waals surface area (Å²) in [4.78, 5) is 33.2. The Morgan fingerprint density at radius 1 is 1.20 bits per heavy atom. The topological polar surface area (TPSA) is 109 Å². The molecule has 6 nitrogen and oxygen atoms in total. The second kappa shape index (κ2) is 6.60. The van der Waals surface area contributed by atoms with E-state index in [1.165, 1.54) is 0 Å². The van der Waals surface area contributed by atoms with Gasteiger partial charge in [0.05, 0.1) is 0 Å². The van der Waals surface area contributed by atoms with Gasteiger partial charge in [-0.15, -0.1) is 0 Å².